The number of H-pyrrole nitrogens is 2. The molecule has 2 saturated heterocycles. The van der Waals surface area contributed by atoms with Crippen molar-refractivity contribution in [3.8, 4) is 11.1 Å². The lowest BCUT2D eigenvalue weighted by atomic mass is 10.0. The summed E-state index contributed by atoms with van der Waals surface area (Å²) < 4.78 is 11.5. The van der Waals surface area contributed by atoms with Gasteiger partial charge in [-0.3, -0.25) is 9.80 Å². The highest BCUT2D eigenvalue weighted by Crippen LogP contribution is 2.54. The lowest BCUT2D eigenvalue weighted by Gasteiger charge is -2.29. The van der Waals surface area contributed by atoms with E-state index in [0.29, 0.717) is 11.8 Å². The van der Waals surface area contributed by atoms with Crippen LogP contribution in [-0.2, 0) is 16.1 Å². The van der Waals surface area contributed by atoms with E-state index in [0.717, 1.165) is 86.9 Å². The molecule has 4 aromatic carbocycles. The van der Waals surface area contributed by atoms with Crippen molar-refractivity contribution >= 4 is 45.0 Å². The second kappa shape index (κ2) is 11.1. The number of imidazole rings is 2. The molecule has 0 spiro atoms. The van der Waals surface area contributed by atoms with Gasteiger partial charge in [0.15, 0.2) is 0 Å². The van der Waals surface area contributed by atoms with Gasteiger partial charge in [-0.25, -0.2) is 19.6 Å². The standard InChI is InChI=1S/C41H40N6O4/c1-41(2,3)51-40(49)47-33-18-27(33)19-34(47)37-42-29-13-10-24(16-31(29)44-37)23-9-12-28-25(15-23)11-14-30-36(28)45-38(43-30)35-20-26-17-32(26)46(35)39(48)50-21-22-7-5-4-6-8-22/h4-16,26-27,32-35H,17-21H2,1-3H3,(H,42,44)(H,43,45)/t26-,27-,32-,33-,34+,35+/m1/s1. The van der Waals surface area contributed by atoms with E-state index in [4.69, 9.17) is 19.4 Å². The molecule has 6 atom stereocenters. The molecule has 2 saturated carbocycles. The first-order chi connectivity index (χ1) is 24.7. The second-order valence-corrected chi connectivity index (χ2v) is 15.8. The lowest BCUT2D eigenvalue weighted by molar-refractivity contribution is 0.0175. The quantitative estimate of drug-likeness (QED) is 0.188. The molecule has 0 bridgehead atoms. The molecule has 2 N–H and O–H groups in total. The Kier molecular flexibility index (Phi) is 6.60. The number of rotatable bonds is 5. The second-order valence-electron chi connectivity index (χ2n) is 15.8. The van der Waals surface area contributed by atoms with Crippen LogP contribution in [0.4, 0.5) is 9.59 Å². The Hall–Kier alpha value is -5.38. The monoisotopic (exact) mass is 680 g/mol. The molecule has 4 aliphatic rings. The molecule has 4 fully saturated rings. The predicted octanol–water partition coefficient (Wildman–Crippen LogP) is 8.80. The maximum Gasteiger partial charge on any atom is 0.411 e. The van der Waals surface area contributed by atoms with Crippen molar-refractivity contribution in [3.63, 3.8) is 0 Å². The fourth-order valence-corrected chi connectivity index (χ4v) is 8.56. The Morgan fingerprint density at radius 3 is 2.16 bits per heavy atom. The number of aromatic amines is 2. The average Bonchev–Trinajstić information content (AvgIpc) is 3.76. The maximum atomic E-state index is 13.3. The molecule has 10 heteroatoms. The number of hydrogen-bond donors (Lipinski definition) is 2. The van der Waals surface area contributed by atoms with Crippen molar-refractivity contribution in [2.75, 3.05) is 0 Å². The fraction of sp³-hybridized carbons (Fsp3) is 0.366. The zero-order chi connectivity index (χ0) is 34.6. The smallest absolute Gasteiger partial charge is 0.411 e. The van der Waals surface area contributed by atoms with Crippen LogP contribution in [0.1, 0.15) is 75.8 Å². The largest absolute Gasteiger partial charge is 0.445 e. The highest BCUT2D eigenvalue weighted by atomic mass is 16.6. The summed E-state index contributed by atoms with van der Waals surface area (Å²) >= 11 is 0. The Morgan fingerprint density at radius 1 is 0.745 bits per heavy atom. The summed E-state index contributed by atoms with van der Waals surface area (Å²) in [6.45, 7) is 5.98. The Labute approximate surface area is 295 Å². The summed E-state index contributed by atoms with van der Waals surface area (Å²) in [5.74, 6) is 2.65. The Morgan fingerprint density at radius 2 is 1.41 bits per heavy atom. The van der Waals surface area contributed by atoms with Gasteiger partial charge in [0.2, 0.25) is 0 Å². The summed E-state index contributed by atoms with van der Waals surface area (Å²) in [4.78, 5) is 47.4. The van der Waals surface area contributed by atoms with Gasteiger partial charge in [-0.15, -0.1) is 0 Å². The van der Waals surface area contributed by atoms with Crippen LogP contribution in [0.15, 0.2) is 78.9 Å². The number of carbonyl (C=O) groups excluding carboxylic acids is 2. The number of carbonyl (C=O) groups is 2. The van der Waals surface area contributed by atoms with Crippen LogP contribution < -0.4 is 0 Å². The highest BCUT2D eigenvalue weighted by molar-refractivity contribution is 6.05. The third kappa shape index (κ3) is 5.30. The van der Waals surface area contributed by atoms with Crippen molar-refractivity contribution in [1.29, 1.82) is 0 Å². The van der Waals surface area contributed by atoms with Crippen molar-refractivity contribution in [1.82, 2.24) is 29.7 Å². The van der Waals surface area contributed by atoms with Gasteiger partial charge in [-0.1, -0.05) is 54.6 Å². The van der Waals surface area contributed by atoms with E-state index in [-0.39, 0.29) is 43.0 Å². The Balaban J connectivity index is 0.905. The number of ether oxygens (including phenoxy) is 2. The van der Waals surface area contributed by atoms with Crippen LogP contribution in [0.25, 0.3) is 44.0 Å². The first kappa shape index (κ1) is 30.4. The summed E-state index contributed by atoms with van der Waals surface area (Å²) in [6.07, 6.45) is 3.34. The molecule has 2 aliphatic carbocycles. The minimum atomic E-state index is -0.543. The third-order valence-electron chi connectivity index (χ3n) is 11.2. The van der Waals surface area contributed by atoms with E-state index >= 15 is 0 Å². The molecular formula is C41H40N6O4. The van der Waals surface area contributed by atoms with Gasteiger partial charge >= 0.3 is 12.2 Å². The van der Waals surface area contributed by atoms with Crippen LogP contribution in [-0.4, -0.2) is 59.6 Å². The summed E-state index contributed by atoms with van der Waals surface area (Å²) in [7, 11) is 0. The van der Waals surface area contributed by atoms with Crippen LogP contribution in [0, 0.1) is 11.8 Å². The minimum absolute atomic E-state index is 0.108. The zero-order valence-electron chi connectivity index (χ0n) is 28.9. The predicted molar refractivity (Wildman–Crippen MR) is 194 cm³/mol. The molecule has 2 aliphatic heterocycles. The first-order valence-electron chi connectivity index (χ1n) is 18.1. The SMILES string of the molecule is CC(C)(C)OC(=O)N1[C@@H]2C[C@@H]2C[C@H]1c1nc2ccc(-c3ccc4c(ccc5[nH]c([C@@H]6C[C@H]7C[C@H]7N6C(=O)OCc6ccccc6)nc54)c3)cc2[nH]1. The van der Waals surface area contributed by atoms with Gasteiger partial charge in [-0.2, -0.15) is 0 Å². The third-order valence-corrected chi connectivity index (χ3v) is 11.2. The normalized spacial score (nSPS) is 25.0. The Bertz CT molecular complexity index is 2360. The molecule has 2 aromatic heterocycles. The van der Waals surface area contributed by atoms with Crippen LogP contribution in [0.2, 0.25) is 0 Å². The number of nitrogens with zero attached hydrogens (tertiary/aromatic N) is 4. The molecular weight excluding hydrogens is 640 g/mol. The van der Waals surface area contributed by atoms with Crippen molar-refractivity contribution in [2.45, 2.75) is 82.8 Å². The molecule has 6 aromatic rings. The molecule has 258 valence electrons. The van der Waals surface area contributed by atoms with Crippen molar-refractivity contribution in [3.05, 3.63) is 96.1 Å². The van der Waals surface area contributed by atoms with E-state index in [1.54, 1.807) is 0 Å². The summed E-state index contributed by atoms with van der Waals surface area (Å²) in [6, 6.07) is 27.0. The molecule has 4 heterocycles. The summed E-state index contributed by atoms with van der Waals surface area (Å²) in [5, 5.41) is 2.15. The van der Waals surface area contributed by atoms with Gasteiger partial charge in [0.05, 0.1) is 34.2 Å². The van der Waals surface area contributed by atoms with E-state index in [1.807, 2.05) is 67.0 Å². The summed E-state index contributed by atoms with van der Waals surface area (Å²) in [5.41, 5.74) is 6.30. The maximum absolute atomic E-state index is 13.3. The van der Waals surface area contributed by atoms with Crippen molar-refractivity contribution < 1.29 is 19.1 Å². The molecule has 0 unspecified atom stereocenters. The van der Waals surface area contributed by atoms with Gasteiger partial charge in [0.1, 0.15) is 23.9 Å². The topological polar surface area (TPSA) is 116 Å². The molecule has 2 amide bonds. The van der Waals surface area contributed by atoms with E-state index < -0.39 is 5.60 Å². The number of fused-ring (bicyclic) bond motifs is 6. The number of amides is 2. The number of likely N-dealkylation sites (tertiary alicyclic amines) is 2. The number of nitrogens with one attached hydrogen (secondary N) is 2. The molecule has 10 rings (SSSR count). The van der Waals surface area contributed by atoms with E-state index in [1.165, 1.54) is 0 Å². The lowest BCUT2D eigenvalue weighted by Crippen LogP contribution is -2.38. The first-order valence-corrected chi connectivity index (χ1v) is 18.1. The van der Waals surface area contributed by atoms with Gasteiger partial charge in [0, 0.05) is 17.5 Å². The van der Waals surface area contributed by atoms with Gasteiger partial charge in [-0.05, 0) is 105 Å². The molecule has 51 heavy (non-hydrogen) atoms. The fourth-order valence-electron chi connectivity index (χ4n) is 8.56. The van der Waals surface area contributed by atoms with Crippen LogP contribution in [0.3, 0.4) is 0 Å². The number of aromatic nitrogens is 4. The number of benzene rings is 4. The zero-order valence-corrected chi connectivity index (χ0v) is 28.9. The minimum Gasteiger partial charge on any atom is -0.445 e. The number of piperidine rings is 2. The van der Waals surface area contributed by atoms with Crippen LogP contribution >= 0.6 is 0 Å². The van der Waals surface area contributed by atoms with Crippen LogP contribution in [0.5, 0.6) is 0 Å². The number of hydrogen-bond acceptors (Lipinski definition) is 6. The van der Waals surface area contributed by atoms with Gasteiger partial charge < -0.3 is 19.4 Å². The van der Waals surface area contributed by atoms with Gasteiger partial charge in [0.25, 0.3) is 0 Å². The highest BCUT2D eigenvalue weighted by Gasteiger charge is 2.57. The molecule has 10 nitrogen and oxygen atoms in total. The average molecular weight is 681 g/mol. The van der Waals surface area contributed by atoms with Crippen molar-refractivity contribution in [2.24, 2.45) is 11.8 Å². The molecule has 0 radical (unpaired) electrons. The van der Waals surface area contributed by atoms with E-state index in [2.05, 4.69) is 52.4 Å². The van der Waals surface area contributed by atoms with E-state index in [9.17, 15) is 9.59 Å².